The molecule has 0 radical (unpaired) electrons. The molecule has 0 aliphatic rings. The van der Waals surface area contributed by atoms with E-state index in [0.717, 1.165) is 29.5 Å². The normalized spacial score (nSPS) is 11.2. The number of halogens is 5. The number of hydrogen-bond donors (Lipinski definition) is 2. The predicted molar refractivity (Wildman–Crippen MR) is 110 cm³/mol. The molecule has 0 fully saturated rings. The highest BCUT2D eigenvalue weighted by Crippen LogP contribution is 2.25. The number of carbonyl (C=O) groups excluding carboxylic acids is 2. The van der Waals surface area contributed by atoms with Gasteiger partial charge in [0.15, 0.2) is 18.2 Å². The fraction of sp³-hybridized carbons (Fsp3) is 0.190. The monoisotopic (exact) mass is 501 g/mol. The van der Waals surface area contributed by atoms with Crippen molar-refractivity contribution in [1.29, 1.82) is 0 Å². The van der Waals surface area contributed by atoms with Gasteiger partial charge in [0.2, 0.25) is 0 Å². The van der Waals surface area contributed by atoms with Crippen molar-refractivity contribution in [3.05, 3.63) is 75.2 Å². The van der Waals surface area contributed by atoms with Crippen LogP contribution in [0.15, 0.2) is 42.5 Å². The summed E-state index contributed by atoms with van der Waals surface area (Å²) in [6.45, 7) is -0.550. The molecule has 0 saturated heterocycles. The maximum atomic E-state index is 14.0. The van der Waals surface area contributed by atoms with E-state index >= 15 is 0 Å². The van der Waals surface area contributed by atoms with E-state index in [9.17, 15) is 31.5 Å². The Bertz CT molecular complexity index is 1180. The lowest BCUT2D eigenvalue weighted by atomic mass is 10.1. The van der Waals surface area contributed by atoms with Crippen molar-refractivity contribution in [1.82, 2.24) is 10.3 Å². The highest BCUT2D eigenvalue weighted by atomic mass is 32.1. The van der Waals surface area contributed by atoms with Crippen LogP contribution in [0, 0.1) is 11.6 Å². The van der Waals surface area contributed by atoms with Crippen molar-refractivity contribution in [2.45, 2.75) is 19.3 Å². The first-order valence-electron chi connectivity index (χ1n) is 9.48. The Hall–Kier alpha value is -3.74. The molecule has 1 aromatic heterocycles. The highest BCUT2D eigenvalue weighted by Gasteiger charge is 2.31. The number of alkyl halides is 3. The minimum atomic E-state index is -4.82. The number of nitrogens with one attached hydrogen (secondary N) is 1. The van der Waals surface area contributed by atoms with Crippen LogP contribution in [0.3, 0.4) is 0 Å². The Labute approximate surface area is 193 Å². The quantitative estimate of drug-likeness (QED) is 0.435. The molecular weight excluding hydrogens is 485 g/mol. The molecule has 1 heterocycles. The molecule has 0 unspecified atom stereocenters. The van der Waals surface area contributed by atoms with Gasteiger partial charge in [-0.15, -0.1) is 24.5 Å². The fourth-order valence-electron chi connectivity index (χ4n) is 2.76. The average Bonchev–Trinajstić information content (AvgIpc) is 3.17. The number of nitrogens with zero attached hydrogens (tertiary/aromatic N) is 1. The highest BCUT2D eigenvalue weighted by molar-refractivity contribution is 7.12. The van der Waals surface area contributed by atoms with Gasteiger partial charge < -0.3 is 20.5 Å². The third-order valence-corrected chi connectivity index (χ3v) is 5.28. The Morgan fingerprint density at radius 1 is 1.06 bits per heavy atom. The van der Waals surface area contributed by atoms with E-state index < -0.39 is 42.2 Å². The summed E-state index contributed by atoms with van der Waals surface area (Å²) in [4.78, 5) is 28.1. The third-order valence-electron chi connectivity index (χ3n) is 4.22. The van der Waals surface area contributed by atoms with E-state index in [4.69, 9.17) is 10.5 Å². The number of hydrogen-bond acceptors (Lipinski definition) is 6. The van der Waals surface area contributed by atoms with Crippen molar-refractivity contribution in [2.24, 2.45) is 5.73 Å². The molecule has 2 aromatic carbocycles. The molecule has 0 atom stereocenters. The summed E-state index contributed by atoms with van der Waals surface area (Å²) in [6.07, 6.45) is -4.94. The van der Waals surface area contributed by atoms with Crippen molar-refractivity contribution >= 4 is 23.2 Å². The zero-order chi connectivity index (χ0) is 24.9. The minimum Gasteiger partial charge on any atom is -0.484 e. The zero-order valence-electron chi connectivity index (χ0n) is 17.1. The summed E-state index contributed by atoms with van der Waals surface area (Å²) in [5.74, 6) is -3.82. The summed E-state index contributed by atoms with van der Waals surface area (Å²) in [6, 6.07) is 8.13. The van der Waals surface area contributed by atoms with Gasteiger partial charge in [0.1, 0.15) is 22.2 Å². The van der Waals surface area contributed by atoms with E-state index in [-0.39, 0.29) is 30.0 Å². The maximum Gasteiger partial charge on any atom is 0.573 e. The van der Waals surface area contributed by atoms with Crippen LogP contribution >= 0.6 is 11.3 Å². The van der Waals surface area contributed by atoms with Crippen LogP contribution in [-0.2, 0) is 17.8 Å². The first-order valence-corrected chi connectivity index (χ1v) is 10.3. The van der Waals surface area contributed by atoms with Gasteiger partial charge in [0, 0.05) is 11.3 Å². The Morgan fingerprint density at radius 2 is 1.74 bits per heavy atom. The Balaban J connectivity index is 1.56. The van der Waals surface area contributed by atoms with Gasteiger partial charge in [-0.2, -0.15) is 0 Å². The molecule has 180 valence electrons. The molecule has 0 spiro atoms. The molecule has 0 saturated carbocycles. The largest absolute Gasteiger partial charge is 0.573 e. The van der Waals surface area contributed by atoms with Gasteiger partial charge in [-0.1, -0.05) is 12.1 Å². The molecule has 0 bridgehead atoms. The summed E-state index contributed by atoms with van der Waals surface area (Å²) in [5, 5.41) is 2.79. The number of amides is 2. The van der Waals surface area contributed by atoms with Crippen LogP contribution in [0.25, 0.3) is 0 Å². The van der Waals surface area contributed by atoms with Gasteiger partial charge in [-0.05, 0) is 35.9 Å². The summed E-state index contributed by atoms with van der Waals surface area (Å²) in [7, 11) is 0. The standard InChI is InChI=1S/C21H16F5N3O4S/c22-14-3-1-2-11(18(14)23)8-15-19(20(27)31)29-17(34-15)9-28-16(30)10-32-12-4-6-13(7-5-12)33-21(24,25)26/h1-7H,8-10H2,(H2,27,31)(H,28,30). The van der Waals surface area contributed by atoms with Crippen LogP contribution in [0.4, 0.5) is 22.0 Å². The van der Waals surface area contributed by atoms with E-state index in [2.05, 4.69) is 15.0 Å². The Kier molecular flexibility index (Phi) is 7.66. The van der Waals surface area contributed by atoms with E-state index in [1.54, 1.807) is 0 Å². The topological polar surface area (TPSA) is 104 Å². The third kappa shape index (κ3) is 6.88. The first-order chi connectivity index (χ1) is 16.0. The smallest absolute Gasteiger partial charge is 0.484 e. The summed E-state index contributed by atoms with van der Waals surface area (Å²) < 4.78 is 72.8. The van der Waals surface area contributed by atoms with Gasteiger partial charge in [0.05, 0.1) is 6.54 Å². The van der Waals surface area contributed by atoms with Crippen molar-refractivity contribution < 1.29 is 41.0 Å². The molecule has 0 aliphatic heterocycles. The molecule has 3 rings (SSSR count). The second-order valence-electron chi connectivity index (χ2n) is 6.72. The van der Waals surface area contributed by atoms with Gasteiger partial charge in [0.25, 0.3) is 11.8 Å². The van der Waals surface area contributed by atoms with Gasteiger partial charge in [-0.25, -0.2) is 13.8 Å². The van der Waals surface area contributed by atoms with Crippen molar-refractivity contribution in [2.75, 3.05) is 6.61 Å². The lowest BCUT2D eigenvalue weighted by molar-refractivity contribution is -0.274. The minimum absolute atomic E-state index is 0.0155. The van der Waals surface area contributed by atoms with E-state index in [0.29, 0.717) is 9.88 Å². The fourth-order valence-corrected chi connectivity index (χ4v) is 3.79. The predicted octanol–water partition coefficient (Wildman–Crippen LogP) is 3.70. The number of thiazole rings is 1. The number of aromatic nitrogens is 1. The van der Waals surface area contributed by atoms with Crippen LogP contribution in [0.2, 0.25) is 0 Å². The molecule has 2 amide bonds. The van der Waals surface area contributed by atoms with Gasteiger partial charge in [-0.3, -0.25) is 9.59 Å². The summed E-state index contributed by atoms with van der Waals surface area (Å²) in [5.41, 5.74) is 5.22. The molecule has 3 aromatic rings. The lowest BCUT2D eigenvalue weighted by Gasteiger charge is -2.10. The van der Waals surface area contributed by atoms with Crippen molar-refractivity contribution in [3.63, 3.8) is 0 Å². The molecule has 0 aliphatic carbocycles. The molecule has 3 N–H and O–H groups in total. The zero-order valence-corrected chi connectivity index (χ0v) is 17.9. The van der Waals surface area contributed by atoms with Crippen molar-refractivity contribution in [3.8, 4) is 11.5 Å². The maximum absolute atomic E-state index is 14.0. The summed E-state index contributed by atoms with van der Waals surface area (Å²) >= 11 is 0.997. The molecule has 7 nitrogen and oxygen atoms in total. The van der Waals surface area contributed by atoms with Crippen LogP contribution in [-0.4, -0.2) is 29.8 Å². The number of ether oxygens (including phenoxy) is 2. The first kappa shape index (κ1) is 24.9. The van der Waals surface area contributed by atoms with E-state index in [1.807, 2.05) is 0 Å². The number of primary amides is 1. The number of carbonyl (C=O) groups is 2. The molecular formula is C21H16F5N3O4S. The second-order valence-corrected chi connectivity index (χ2v) is 7.89. The lowest BCUT2D eigenvalue weighted by Crippen LogP contribution is -2.28. The number of rotatable bonds is 9. The molecule has 13 heteroatoms. The van der Waals surface area contributed by atoms with Crippen LogP contribution in [0.1, 0.15) is 25.9 Å². The number of benzene rings is 2. The number of nitrogens with two attached hydrogens (primary N) is 1. The van der Waals surface area contributed by atoms with Crippen LogP contribution < -0.4 is 20.5 Å². The Morgan fingerprint density at radius 3 is 2.38 bits per heavy atom. The second kappa shape index (κ2) is 10.5. The van der Waals surface area contributed by atoms with Crippen LogP contribution in [0.5, 0.6) is 11.5 Å². The molecule has 34 heavy (non-hydrogen) atoms. The van der Waals surface area contributed by atoms with Gasteiger partial charge >= 0.3 is 6.36 Å². The van der Waals surface area contributed by atoms with E-state index in [1.165, 1.54) is 24.3 Å². The average molecular weight is 501 g/mol. The SMILES string of the molecule is NC(=O)c1nc(CNC(=O)COc2ccc(OC(F)(F)F)cc2)sc1Cc1cccc(F)c1F.